The number of fused-ring (bicyclic) bond motifs is 4. The van der Waals surface area contributed by atoms with Gasteiger partial charge in [-0.1, -0.05) is 13.8 Å². The lowest BCUT2D eigenvalue weighted by Gasteiger charge is -2.47. The first-order chi connectivity index (χ1) is 39.1. The molecule has 6 aliphatic rings. The van der Waals surface area contributed by atoms with Crippen LogP contribution in [0.1, 0.15) is 106 Å². The molecular weight excluding hydrogens is 1060 g/mol. The third kappa shape index (κ3) is 10.8. The quantitative estimate of drug-likeness (QED) is 0.0592. The topological polar surface area (TPSA) is 237 Å². The molecule has 0 spiro atoms. The number of phosphoric ester groups is 1. The van der Waals surface area contributed by atoms with E-state index in [1.54, 1.807) is 11.0 Å². The van der Waals surface area contributed by atoms with Gasteiger partial charge in [-0.25, -0.2) is 14.5 Å². The molecule has 3 fully saturated rings. The molecule has 424 valence electrons. The predicted molar refractivity (Wildman–Crippen MR) is 288 cm³/mol. The average molecular weight is 1130 g/mol. The monoisotopic (exact) mass is 1130 g/mol. The maximum atomic E-state index is 15.2. The second-order valence-corrected chi connectivity index (χ2v) is 23.5. The number of imide groups is 1. The van der Waals surface area contributed by atoms with Crippen molar-refractivity contribution < 1.29 is 60.1 Å². The number of carbonyl (C=O) groups is 4. The van der Waals surface area contributed by atoms with Crippen molar-refractivity contribution in [2.45, 2.75) is 117 Å². The first-order valence-corrected chi connectivity index (χ1v) is 28.2. The van der Waals surface area contributed by atoms with Crippen molar-refractivity contribution in [2.24, 2.45) is 12.4 Å². The highest BCUT2D eigenvalue weighted by molar-refractivity contribution is 7.46. The maximum absolute atomic E-state index is 15.2. The van der Waals surface area contributed by atoms with Crippen LogP contribution in [0, 0.1) is 5.41 Å². The Kier molecular flexibility index (Phi) is 13.4. The van der Waals surface area contributed by atoms with Crippen LogP contribution < -0.4 is 30.9 Å². The van der Waals surface area contributed by atoms with Crippen LogP contribution in [-0.2, 0) is 69.1 Å². The summed E-state index contributed by atoms with van der Waals surface area (Å²) in [6.45, 7) is 7.14. The normalized spacial score (nSPS) is 21.9. The molecule has 1 aromatic carbocycles. The molecule has 11 rings (SSSR count). The molecule has 3 atom stereocenters. The first-order valence-electron chi connectivity index (χ1n) is 28.1. The van der Waals surface area contributed by atoms with Crippen LogP contribution in [0.3, 0.4) is 0 Å². The highest BCUT2D eigenvalue weighted by atomic mass is 31.2. The summed E-state index contributed by atoms with van der Waals surface area (Å²) in [4.78, 5) is 103. The molecule has 5 aromatic rings. The van der Waals surface area contributed by atoms with Crippen LogP contribution in [0.4, 0.5) is 41.9 Å². The number of phosphoric acid groups is 1. The summed E-state index contributed by atoms with van der Waals surface area (Å²) >= 11 is 0. The minimum Gasteiger partial charge on any atom is -0.371 e. The van der Waals surface area contributed by atoms with Gasteiger partial charge in [0.1, 0.15) is 29.1 Å². The van der Waals surface area contributed by atoms with Gasteiger partial charge < -0.3 is 43.7 Å². The Bertz CT molecular complexity index is 3570. The molecule has 0 bridgehead atoms. The van der Waals surface area contributed by atoms with E-state index in [-0.39, 0.29) is 90.0 Å². The van der Waals surface area contributed by atoms with Crippen molar-refractivity contribution in [2.75, 3.05) is 59.3 Å². The summed E-state index contributed by atoms with van der Waals surface area (Å²) < 4.78 is 95.4. The third-order valence-corrected chi connectivity index (χ3v) is 16.8. The zero-order chi connectivity index (χ0) is 59.2. The summed E-state index contributed by atoms with van der Waals surface area (Å²) in [5.74, 6) is -1.82. The number of hydrogen-bond donors (Lipinski definition) is 4. The number of benzene rings is 1. The molecule has 21 nitrogen and oxygen atoms in total. The van der Waals surface area contributed by atoms with E-state index in [0.717, 1.165) is 54.4 Å². The van der Waals surface area contributed by atoms with Gasteiger partial charge >= 0.3 is 14.0 Å². The van der Waals surface area contributed by atoms with E-state index in [4.69, 9.17) is 13.4 Å². The Morgan fingerprint density at radius 1 is 0.925 bits per heavy atom. The number of carbonyl (C=O) groups excluding carboxylic acids is 4. The molecule has 5 aliphatic heterocycles. The number of aromatic nitrogens is 4. The van der Waals surface area contributed by atoms with Gasteiger partial charge in [-0.3, -0.25) is 43.6 Å². The SMILES string of the molecule is [2H]C([2H])([2H])n1cc(-c2ccnc(N3CCn4c(cc5c4CC(C)(C)C5)C3=O)c2COC(C)OP(=O)(O)O)cc(Nc2ccc(N3CCN(C4CCN(c5ccc6c(c5)CN(C5CCC(=O)NC5=O)C6=O)CC4)C[C@@H]3C)c(C(F)(F)F)n2)c1=O. The minimum absolute atomic E-state index is 0.0185. The number of pyridine rings is 3. The largest absolute Gasteiger partial charge is 0.471 e. The standard InChI is InChI=1S/C55H63F3N11O10P/c1-31-27-65(36-13-16-64(17-14-36)37-6-7-39-34(22-37)29-69(51(39)72)43-9-11-47(70)62-50(43)71)18-19-66(31)42-8-10-46(61-48(42)55(56,57)58)60-41-23-35(28-63(5)52(41)73)38-12-15-59-49(40(38)30-78-32(2)79-80(75,76)77)68-21-20-67-44(53(68)74)24-33-25-54(3,4)26-45(33)67/h6-8,10,12,15,22-24,28,31-32,36,43H,9,11,13-14,16-21,25-27,29-30H2,1-5H3,(H,60,61)(H,62,70,71)(H2,75,76,77)/t31-,32?,43?/m0/s1/i5D3. The van der Waals surface area contributed by atoms with Gasteiger partial charge in [-0.15, -0.1) is 0 Å². The number of piperidine rings is 2. The highest BCUT2D eigenvalue weighted by Crippen LogP contribution is 2.43. The lowest BCUT2D eigenvalue weighted by molar-refractivity contribution is -0.140. The number of nitrogens with zero attached hydrogens (tertiary/aromatic N) is 9. The lowest BCUT2D eigenvalue weighted by atomic mass is 9.90. The zero-order valence-electron chi connectivity index (χ0n) is 47.5. The summed E-state index contributed by atoms with van der Waals surface area (Å²) in [5, 5.41) is 5.00. The maximum Gasteiger partial charge on any atom is 0.471 e. The highest BCUT2D eigenvalue weighted by Gasteiger charge is 2.43. The van der Waals surface area contributed by atoms with Gasteiger partial charge in [-0.05, 0) is 117 Å². The fraction of sp³-hybridized carbons (Fsp3) is 0.473. The molecule has 4 N–H and O–H groups in total. The molecule has 0 saturated carbocycles. The van der Waals surface area contributed by atoms with E-state index >= 15 is 13.2 Å². The molecule has 3 saturated heterocycles. The van der Waals surface area contributed by atoms with Crippen LogP contribution in [0.15, 0.2) is 65.7 Å². The van der Waals surface area contributed by atoms with E-state index in [9.17, 15) is 38.3 Å². The van der Waals surface area contributed by atoms with E-state index in [1.165, 1.54) is 47.2 Å². The molecule has 2 unspecified atom stereocenters. The van der Waals surface area contributed by atoms with Crippen molar-refractivity contribution in [3.8, 4) is 11.1 Å². The number of rotatable bonds is 13. The first kappa shape index (κ1) is 51.2. The van der Waals surface area contributed by atoms with Crippen molar-refractivity contribution in [3.63, 3.8) is 0 Å². The van der Waals surface area contributed by atoms with Gasteiger partial charge in [0.25, 0.3) is 17.4 Å². The summed E-state index contributed by atoms with van der Waals surface area (Å²) in [7, 11) is -5.05. The second kappa shape index (κ2) is 20.9. The van der Waals surface area contributed by atoms with Crippen LogP contribution in [-0.4, -0.2) is 126 Å². The Morgan fingerprint density at radius 2 is 1.71 bits per heavy atom. The molecule has 9 heterocycles. The number of ether oxygens (including phenoxy) is 1. The fourth-order valence-electron chi connectivity index (χ4n) is 12.5. The lowest BCUT2D eigenvalue weighted by Crippen LogP contribution is -2.57. The van der Waals surface area contributed by atoms with Crippen molar-refractivity contribution in [1.82, 2.24) is 34.2 Å². The van der Waals surface area contributed by atoms with Gasteiger partial charge in [0.05, 0.1) is 12.3 Å². The molecule has 80 heavy (non-hydrogen) atoms. The number of anilines is 5. The molecule has 4 amide bonds. The van der Waals surface area contributed by atoms with Gasteiger partial charge in [-0.2, -0.15) is 13.2 Å². The minimum atomic E-state index is -5.05. The van der Waals surface area contributed by atoms with Crippen LogP contribution in [0.25, 0.3) is 11.1 Å². The van der Waals surface area contributed by atoms with E-state index in [1.807, 2.05) is 29.7 Å². The molecular formula is C55H63F3N11O10P. The van der Waals surface area contributed by atoms with Crippen LogP contribution in [0.2, 0.25) is 0 Å². The third-order valence-electron chi connectivity index (χ3n) is 16.2. The Labute approximate surface area is 463 Å². The summed E-state index contributed by atoms with van der Waals surface area (Å²) in [6, 6.07) is 11.8. The van der Waals surface area contributed by atoms with Gasteiger partial charge in [0.2, 0.25) is 11.8 Å². The smallest absolute Gasteiger partial charge is 0.371 e. The molecule has 25 heteroatoms. The summed E-state index contributed by atoms with van der Waals surface area (Å²) in [5.41, 5.74) is 2.19. The van der Waals surface area contributed by atoms with Crippen molar-refractivity contribution in [3.05, 3.63) is 111 Å². The van der Waals surface area contributed by atoms with Gasteiger partial charge in [0.15, 0.2) is 12.0 Å². The average Bonchev–Trinajstić information content (AvgIpc) is 2.54. The van der Waals surface area contributed by atoms with Crippen LogP contribution in [0.5, 0.6) is 0 Å². The predicted octanol–water partition coefficient (Wildman–Crippen LogP) is 6.10. The Balaban J connectivity index is 0.817. The van der Waals surface area contributed by atoms with Gasteiger partial charge in [0, 0.05) is 122 Å². The number of amides is 4. The van der Waals surface area contributed by atoms with E-state index in [0.29, 0.717) is 48.5 Å². The zero-order valence-corrected chi connectivity index (χ0v) is 45.4. The molecule has 1 aliphatic carbocycles. The Morgan fingerprint density at radius 3 is 2.44 bits per heavy atom. The Hall–Kier alpha value is -6.95. The number of alkyl halides is 3. The number of nitrogens with one attached hydrogen (secondary N) is 2. The summed E-state index contributed by atoms with van der Waals surface area (Å²) in [6.07, 6.45) is -0.545. The molecule has 4 aromatic heterocycles. The number of hydrogen-bond acceptors (Lipinski definition) is 14. The van der Waals surface area contributed by atoms with E-state index in [2.05, 4.69) is 44.2 Å². The fourth-order valence-corrected chi connectivity index (χ4v) is 13.0. The van der Waals surface area contributed by atoms with Crippen molar-refractivity contribution in [1.29, 1.82) is 0 Å². The van der Waals surface area contributed by atoms with Crippen LogP contribution >= 0.6 is 7.82 Å². The number of halogens is 3. The second-order valence-electron chi connectivity index (χ2n) is 22.3. The number of piperazine rings is 1. The molecule has 0 radical (unpaired) electrons. The number of aryl methyl sites for hydroxylation is 1. The van der Waals surface area contributed by atoms with E-state index < -0.39 is 74.5 Å². The van der Waals surface area contributed by atoms with Crippen molar-refractivity contribution >= 4 is 60.1 Å².